The Kier molecular flexibility index (Phi) is 10.2. The van der Waals surface area contributed by atoms with Crippen molar-refractivity contribution in [3.63, 3.8) is 0 Å². The first-order valence-corrected chi connectivity index (χ1v) is 13.3. The third kappa shape index (κ3) is 6.85. The van der Waals surface area contributed by atoms with Gasteiger partial charge < -0.3 is 38.3 Å². The van der Waals surface area contributed by atoms with E-state index in [9.17, 15) is 5.11 Å². The van der Waals surface area contributed by atoms with E-state index < -0.39 is 12.4 Å². The molecule has 3 fully saturated rings. The highest BCUT2D eigenvalue weighted by atomic mass is 16.7. The Hall–Kier alpha value is -1.10. The van der Waals surface area contributed by atoms with Gasteiger partial charge in [-0.2, -0.15) is 0 Å². The lowest BCUT2D eigenvalue weighted by molar-refractivity contribution is -0.310. The predicted molar refractivity (Wildman–Crippen MR) is 133 cm³/mol. The van der Waals surface area contributed by atoms with E-state index in [1.807, 2.05) is 18.2 Å². The van der Waals surface area contributed by atoms with Crippen LogP contribution in [0.1, 0.15) is 38.7 Å². The quantitative estimate of drug-likeness (QED) is 0.461. The zero-order valence-corrected chi connectivity index (χ0v) is 22.3. The van der Waals surface area contributed by atoms with Crippen LogP contribution < -0.4 is 0 Å². The van der Waals surface area contributed by atoms with Crippen molar-refractivity contribution in [2.75, 3.05) is 34.5 Å². The molecule has 0 unspecified atom stereocenters. The van der Waals surface area contributed by atoms with Gasteiger partial charge in [0.1, 0.15) is 18.3 Å². The summed E-state index contributed by atoms with van der Waals surface area (Å²) in [7, 11) is 4.93. The number of hydrogen-bond donors (Lipinski definition) is 1. The fourth-order valence-corrected chi connectivity index (χ4v) is 5.63. The minimum absolute atomic E-state index is 0.0660. The molecule has 0 aromatic heterocycles. The molecule has 11 atom stereocenters. The minimum atomic E-state index is -0.586. The van der Waals surface area contributed by atoms with Crippen molar-refractivity contribution in [1.29, 1.82) is 0 Å². The van der Waals surface area contributed by atoms with Gasteiger partial charge in [-0.25, -0.2) is 0 Å². The number of hydrogen-bond acceptors (Lipinski definition) is 8. The molecule has 204 valence electrons. The zero-order valence-electron chi connectivity index (χ0n) is 22.3. The van der Waals surface area contributed by atoms with Crippen molar-refractivity contribution < 1.29 is 38.3 Å². The Morgan fingerprint density at radius 3 is 2.33 bits per heavy atom. The molecule has 2 saturated heterocycles. The molecule has 0 amide bonds. The molecule has 36 heavy (non-hydrogen) atoms. The zero-order chi connectivity index (χ0) is 25.7. The second-order valence-electron chi connectivity index (χ2n) is 10.6. The van der Waals surface area contributed by atoms with Crippen molar-refractivity contribution in [3.8, 4) is 0 Å². The minimum Gasteiger partial charge on any atom is -0.393 e. The summed E-state index contributed by atoms with van der Waals surface area (Å²) in [6.45, 7) is 5.66. The van der Waals surface area contributed by atoms with E-state index in [-0.39, 0.29) is 42.5 Å². The third-order valence-corrected chi connectivity index (χ3v) is 8.14. The lowest BCUT2D eigenvalue weighted by atomic mass is 9.88. The van der Waals surface area contributed by atoms with Gasteiger partial charge in [0.05, 0.1) is 44.2 Å². The highest BCUT2D eigenvalue weighted by molar-refractivity contribution is 5.13. The SMILES string of the molecule is CO[C@@H]1[C@@H](OC)[C@H](O[C@H]2C[C@@H](C[C@@H](O)[C@@H]3C[C@H]3C)O[C@@H](COCc3ccccc3)[C@@H]2C)OC[C@H]1OC. The lowest BCUT2D eigenvalue weighted by Crippen LogP contribution is -2.58. The highest BCUT2D eigenvalue weighted by Crippen LogP contribution is 2.43. The van der Waals surface area contributed by atoms with Crippen LogP contribution >= 0.6 is 0 Å². The Balaban J connectivity index is 1.42. The van der Waals surface area contributed by atoms with Crippen LogP contribution in [0.5, 0.6) is 0 Å². The average molecular weight is 509 g/mol. The Morgan fingerprint density at radius 2 is 1.69 bits per heavy atom. The van der Waals surface area contributed by atoms with Gasteiger partial charge in [-0.15, -0.1) is 0 Å². The average Bonchev–Trinajstić information content (AvgIpc) is 3.63. The molecule has 3 aliphatic rings. The van der Waals surface area contributed by atoms with Gasteiger partial charge in [0.15, 0.2) is 6.29 Å². The Morgan fingerprint density at radius 1 is 0.972 bits per heavy atom. The Labute approximate surface area is 215 Å². The van der Waals surface area contributed by atoms with Crippen LogP contribution in [-0.2, 0) is 39.8 Å². The van der Waals surface area contributed by atoms with Gasteiger partial charge >= 0.3 is 0 Å². The maximum Gasteiger partial charge on any atom is 0.186 e. The van der Waals surface area contributed by atoms with Gasteiger partial charge in [-0.1, -0.05) is 44.2 Å². The molecule has 0 spiro atoms. The molecule has 0 bridgehead atoms. The number of aliphatic hydroxyl groups excluding tert-OH is 1. The van der Waals surface area contributed by atoms with E-state index in [2.05, 4.69) is 26.0 Å². The maximum atomic E-state index is 10.8. The molecule has 1 aromatic rings. The first-order chi connectivity index (χ1) is 17.4. The summed E-state index contributed by atoms with van der Waals surface area (Å²) >= 11 is 0. The van der Waals surface area contributed by atoms with Gasteiger partial charge in [0, 0.05) is 33.7 Å². The van der Waals surface area contributed by atoms with Crippen LogP contribution in [0.3, 0.4) is 0 Å². The standard InChI is InChI=1S/C28H44O8/c1-17-11-21(17)22(29)12-20-13-23(36-28-27(32-5)26(31-4)25(30-3)16-34-28)18(2)24(35-20)15-33-14-19-9-7-6-8-10-19/h6-10,17-18,20-29H,11-16H2,1-5H3/t17-,18-,20-,21-,22-,23+,24+,25-,26+,27-,28+/m1/s1. The fourth-order valence-electron chi connectivity index (χ4n) is 5.63. The lowest BCUT2D eigenvalue weighted by Gasteiger charge is -2.45. The largest absolute Gasteiger partial charge is 0.393 e. The van der Waals surface area contributed by atoms with Crippen molar-refractivity contribution in [2.24, 2.45) is 17.8 Å². The van der Waals surface area contributed by atoms with E-state index in [4.69, 9.17) is 33.2 Å². The molecular weight excluding hydrogens is 464 g/mol. The maximum absolute atomic E-state index is 10.8. The first kappa shape index (κ1) is 27.9. The molecule has 1 aliphatic carbocycles. The van der Waals surface area contributed by atoms with E-state index in [0.717, 1.165) is 12.0 Å². The van der Waals surface area contributed by atoms with Crippen LogP contribution in [-0.4, -0.2) is 88.7 Å². The van der Waals surface area contributed by atoms with Crippen LogP contribution in [0.25, 0.3) is 0 Å². The molecule has 8 nitrogen and oxygen atoms in total. The number of rotatable bonds is 12. The molecule has 4 rings (SSSR count). The van der Waals surface area contributed by atoms with Crippen molar-refractivity contribution in [2.45, 2.75) is 88.7 Å². The molecule has 0 radical (unpaired) electrons. The highest BCUT2D eigenvalue weighted by Gasteiger charge is 2.47. The van der Waals surface area contributed by atoms with Gasteiger partial charge in [-0.3, -0.25) is 0 Å². The summed E-state index contributed by atoms with van der Waals surface area (Å²) in [5, 5.41) is 10.8. The third-order valence-electron chi connectivity index (χ3n) is 8.14. The summed E-state index contributed by atoms with van der Waals surface area (Å²) in [6.07, 6.45) is 0.0496. The fraction of sp³-hybridized carbons (Fsp3) is 0.786. The molecular formula is C28H44O8. The predicted octanol–water partition coefficient (Wildman–Crippen LogP) is 3.19. The molecule has 1 saturated carbocycles. The van der Waals surface area contributed by atoms with E-state index >= 15 is 0 Å². The van der Waals surface area contributed by atoms with Crippen molar-refractivity contribution >= 4 is 0 Å². The van der Waals surface area contributed by atoms with E-state index in [0.29, 0.717) is 44.5 Å². The number of ether oxygens (including phenoxy) is 7. The summed E-state index contributed by atoms with van der Waals surface area (Å²) in [5.74, 6) is 1.02. The molecule has 8 heteroatoms. The molecule has 2 aliphatic heterocycles. The number of methoxy groups -OCH3 is 3. The van der Waals surface area contributed by atoms with Gasteiger partial charge in [0.25, 0.3) is 0 Å². The van der Waals surface area contributed by atoms with Crippen molar-refractivity contribution in [3.05, 3.63) is 35.9 Å². The van der Waals surface area contributed by atoms with Crippen LogP contribution in [0.2, 0.25) is 0 Å². The van der Waals surface area contributed by atoms with Crippen LogP contribution in [0.15, 0.2) is 30.3 Å². The molecule has 1 N–H and O–H groups in total. The monoisotopic (exact) mass is 508 g/mol. The normalized spacial score (nSPS) is 39.6. The second kappa shape index (κ2) is 13.1. The van der Waals surface area contributed by atoms with E-state index in [1.165, 1.54) is 0 Å². The number of benzene rings is 1. The van der Waals surface area contributed by atoms with E-state index in [1.54, 1.807) is 21.3 Å². The van der Waals surface area contributed by atoms with Crippen LogP contribution in [0.4, 0.5) is 0 Å². The summed E-state index contributed by atoms with van der Waals surface area (Å²) in [4.78, 5) is 0. The van der Waals surface area contributed by atoms with Crippen LogP contribution in [0, 0.1) is 17.8 Å². The number of aliphatic hydroxyl groups is 1. The first-order valence-electron chi connectivity index (χ1n) is 13.3. The summed E-state index contributed by atoms with van der Waals surface area (Å²) in [6, 6.07) is 10.1. The Bertz CT molecular complexity index is 778. The van der Waals surface area contributed by atoms with Gasteiger partial charge in [-0.05, 0) is 30.2 Å². The topological polar surface area (TPSA) is 84.8 Å². The van der Waals surface area contributed by atoms with Crippen molar-refractivity contribution in [1.82, 2.24) is 0 Å². The van der Waals surface area contributed by atoms with Gasteiger partial charge in [0.2, 0.25) is 0 Å². The smallest absolute Gasteiger partial charge is 0.186 e. The second-order valence-corrected chi connectivity index (χ2v) is 10.6. The molecule has 2 heterocycles. The summed E-state index contributed by atoms with van der Waals surface area (Å²) < 4.78 is 42.2. The molecule has 1 aromatic carbocycles. The summed E-state index contributed by atoms with van der Waals surface area (Å²) in [5.41, 5.74) is 1.13.